The standard InChI is InChI=1S/2C14H11F2.2C5H5.Ti/c2*1-9-3-4-11(7-10(9)2)13-6-5-12(15)8-14(13)16;2*1-2-4-5-3-1;/h2*3-7H,1-2H3;2*1-5H;/q4*-1;+4. The zero-order valence-electron chi connectivity index (χ0n) is 24.6. The van der Waals surface area contributed by atoms with Gasteiger partial charge in [-0.15, -0.1) is 24.3 Å². The van der Waals surface area contributed by atoms with Crippen LogP contribution in [0.5, 0.6) is 0 Å². The summed E-state index contributed by atoms with van der Waals surface area (Å²) in [5.41, 5.74) is 6.72. The summed E-state index contributed by atoms with van der Waals surface area (Å²) in [5, 5.41) is 0. The second kappa shape index (κ2) is 17.9. The Hall–Kier alpha value is -3.99. The molecule has 0 spiro atoms. The van der Waals surface area contributed by atoms with Gasteiger partial charge < -0.3 is 0 Å². The summed E-state index contributed by atoms with van der Waals surface area (Å²) in [6, 6.07) is 40.7. The molecule has 0 heterocycles. The van der Waals surface area contributed by atoms with E-state index in [0.717, 1.165) is 33.4 Å². The van der Waals surface area contributed by atoms with Crippen LogP contribution >= 0.6 is 0 Å². The number of halogens is 4. The fourth-order valence-electron chi connectivity index (χ4n) is 3.79. The van der Waals surface area contributed by atoms with Crippen LogP contribution in [0.25, 0.3) is 22.3 Å². The maximum atomic E-state index is 13.5. The Balaban J connectivity index is 0.000000223. The van der Waals surface area contributed by atoms with Gasteiger partial charge in [-0.05, 0) is 49.9 Å². The fraction of sp³-hybridized carbons (Fsp3) is 0.105. The fourth-order valence-corrected chi connectivity index (χ4v) is 3.79. The molecule has 0 radical (unpaired) electrons. The van der Waals surface area contributed by atoms with Gasteiger partial charge in [0.1, 0.15) is 0 Å². The largest absolute Gasteiger partial charge is 4.00 e. The van der Waals surface area contributed by atoms with Crippen LogP contribution in [0.3, 0.4) is 0 Å². The van der Waals surface area contributed by atoms with Crippen LogP contribution in [-0.4, -0.2) is 0 Å². The summed E-state index contributed by atoms with van der Waals surface area (Å²) in [4.78, 5) is 0. The maximum absolute atomic E-state index is 13.5. The van der Waals surface area contributed by atoms with E-state index in [2.05, 4.69) is 0 Å². The van der Waals surface area contributed by atoms with Gasteiger partial charge >= 0.3 is 21.7 Å². The average Bonchev–Trinajstić information content (AvgIpc) is 3.73. The Kier molecular flexibility index (Phi) is 14.6. The first kappa shape index (κ1) is 35.2. The minimum Gasteiger partial charge on any atom is -0.236 e. The molecule has 0 unspecified atom stereocenters. The van der Waals surface area contributed by atoms with Crippen molar-refractivity contribution in [1.29, 1.82) is 0 Å². The monoisotopic (exact) mass is 612 g/mol. The van der Waals surface area contributed by atoms with E-state index in [-0.39, 0.29) is 21.7 Å². The second-order valence-corrected chi connectivity index (χ2v) is 9.59. The Labute approximate surface area is 267 Å². The molecule has 0 bridgehead atoms. The third-order valence-corrected chi connectivity index (χ3v) is 6.47. The predicted octanol–water partition coefficient (Wildman–Crippen LogP) is 10.9. The summed E-state index contributed by atoms with van der Waals surface area (Å²) in [5.74, 6) is -2.65. The van der Waals surface area contributed by atoms with E-state index in [1.165, 1.54) is 24.3 Å². The van der Waals surface area contributed by atoms with Crippen molar-refractivity contribution >= 4 is 0 Å². The molecule has 0 saturated heterocycles. The van der Waals surface area contributed by atoms with Gasteiger partial charge in [0.25, 0.3) is 0 Å². The molecule has 0 aliphatic heterocycles. The molecule has 0 atom stereocenters. The second-order valence-electron chi connectivity index (χ2n) is 9.59. The first-order valence-corrected chi connectivity index (χ1v) is 13.4. The number of rotatable bonds is 2. The van der Waals surface area contributed by atoms with Crippen molar-refractivity contribution in [3.8, 4) is 22.3 Å². The Morgan fingerprint density at radius 3 is 1.07 bits per heavy atom. The molecule has 5 heteroatoms. The van der Waals surface area contributed by atoms with Crippen LogP contribution in [0, 0.1) is 63.1 Å². The third-order valence-electron chi connectivity index (χ3n) is 6.47. The van der Waals surface area contributed by atoms with E-state index in [9.17, 15) is 17.6 Å². The minimum atomic E-state index is -0.676. The van der Waals surface area contributed by atoms with Gasteiger partial charge in [0.05, 0.1) is 0 Å². The van der Waals surface area contributed by atoms with Crippen LogP contribution in [0.2, 0.25) is 0 Å². The molecule has 0 nitrogen and oxygen atoms in total. The van der Waals surface area contributed by atoms with Crippen molar-refractivity contribution < 1.29 is 39.3 Å². The topological polar surface area (TPSA) is 0 Å². The Morgan fingerprint density at radius 2 is 0.814 bits per heavy atom. The van der Waals surface area contributed by atoms with E-state index in [1.54, 1.807) is 0 Å². The van der Waals surface area contributed by atoms with Gasteiger partial charge in [0, 0.05) is 23.3 Å². The SMILES string of the molecule is Cc1ccc(-c2ccc(F)[c-]c2F)cc1C.Cc1ccc(-c2ccc(F)[c-]c2F)cc1C.[Ti+4].c1cc[cH-]c1.c1cc[cH-]c1. The minimum absolute atomic E-state index is 0. The molecule has 0 amide bonds. The summed E-state index contributed by atoms with van der Waals surface area (Å²) < 4.78 is 52.4. The molecule has 0 aliphatic rings. The molecule has 216 valence electrons. The maximum Gasteiger partial charge on any atom is 4.00 e. The quantitative estimate of drug-likeness (QED) is 0.104. The molecule has 0 N–H and O–H groups in total. The van der Waals surface area contributed by atoms with Crippen LogP contribution < -0.4 is 0 Å². The normalized spacial score (nSPS) is 9.67. The van der Waals surface area contributed by atoms with E-state index in [0.29, 0.717) is 11.1 Å². The molecule has 0 fully saturated rings. The molecule has 6 aromatic rings. The van der Waals surface area contributed by atoms with E-state index >= 15 is 0 Å². The van der Waals surface area contributed by atoms with Crippen LogP contribution in [0.15, 0.2) is 121 Å². The number of hydrogen-bond donors (Lipinski definition) is 0. The van der Waals surface area contributed by atoms with Gasteiger partial charge in [0.15, 0.2) is 0 Å². The predicted molar refractivity (Wildman–Crippen MR) is 164 cm³/mol. The Morgan fingerprint density at radius 1 is 0.465 bits per heavy atom. The molecular weight excluding hydrogens is 580 g/mol. The van der Waals surface area contributed by atoms with Gasteiger partial charge in [-0.25, -0.2) is 41.8 Å². The van der Waals surface area contributed by atoms with Crippen LogP contribution in [0.4, 0.5) is 17.6 Å². The van der Waals surface area contributed by atoms with Crippen molar-refractivity contribution in [2.24, 2.45) is 0 Å². The van der Waals surface area contributed by atoms with Crippen LogP contribution in [0.1, 0.15) is 22.3 Å². The summed E-state index contributed by atoms with van der Waals surface area (Å²) in [6.07, 6.45) is 0. The van der Waals surface area contributed by atoms with Gasteiger partial charge in [-0.2, -0.15) is 48.5 Å². The summed E-state index contributed by atoms with van der Waals surface area (Å²) >= 11 is 0. The zero-order chi connectivity index (χ0) is 30.5. The molecule has 6 rings (SSSR count). The molecule has 0 saturated carbocycles. The number of hydrogen-bond acceptors (Lipinski definition) is 0. The molecule has 43 heavy (non-hydrogen) atoms. The van der Waals surface area contributed by atoms with E-state index < -0.39 is 23.3 Å². The van der Waals surface area contributed by atoms with Crippen LogP contribution in [-0.2, 0) is 21.7 Å². The van der Waals surface area contributed by atoms with E-state index in [4.69, 9.17) is 0 Å². The molecular formula is C38H32F4Ti. The first-order chi connectivity index (χ1) is 20.2. The van der Waals surface area contributed by atoms with Crippen molar-refractivity contribution in [1.82, 2.24) is 0 Å². The zero-order valence-corrected chi connectivity index (χ0v) is 26.1. The molecule has 0 aromatic heterocycles. The van der Waals surface area contributed by atoms with Crippen molar-refractivity contribution in [2.75, 3.05) is 0 Å². The van der Waals surface area contributed by atoms with Gasteiger partial charge in [-0.3, -0.25) is 0 Å². The van der Waals surface area contributed by atoms with Gasteiger partial charge in [-0.1, -0.05) is 58.7 Å². The third kappa shape index (κ3) is 11.3. The van der Waals surface area contributed by atoms with Crippen molar-refractivity contribution in [3.05, 3.63) is 179 Å². The van der Waals surface area contributed by atoms with E-state index in [1.807, 2.05) is 137 Å². The summed E-state index contributed by atoms with van der Waals surface area (Å²) in [6.45, 7) is 7.91. The smallest absolute Gasteiger partial charge is 0.236 e. The van der Waals surface area contributed by atoms with Crippen molar-refractivity contribution in [3.63, 3.8) is 0 Å². The first-order valence-electron chi connectivity index (χ1n) is 13.4. The number of benzene rings is 4. The van der Waals surface area contributed by atoms with Crippen molar-refractivity contribution in [2.45, 2.75) is 27.7 Å². The average molecular weight is 613 g/mol. The molecule has 6 aromatic carbocycles. The Bertz CT molecular complexity index is 1490. The van der Waals surface area contributed by atoms with Gasteiger partial charge in [0.2, 0.25) is 0 Å². The summed E-state index contributed by atoms with van der Waals surface area (Å²) in [7, 11) is 0. The number of aryl methyl sites for hydroxylation is 4. The molecule has 0 aliphatic carbocycles.